The molecule has 0 aromatic heterocycles. The first-order valence-corrected chi connectivity index (χ1v) is 3.49. The number of rotatable bonds is 4. The third kappa shape index (κ3) is 4.13. The van der Waals surface area contributed by atoms with E-state index in [0.29, 0.717) is 5.92 Å². The van der Waals surface area contributed by atoms with Gasteiger partial charge in [0.15, 0.2) is 0 Å². The van der Waals surface area contributed by atoms with Gasteiger partial charge >= 0.3 is 0 Å². The average Bonchev–Trinajstić information content (AvgIpc) is 1.86. The first-order chi connectivity index (χ1) is 4.70. The van der Waals surface area contributed by atoms with E-state index >= 15 is 0 Å². The zero-order chi connectivity index (χ0) is 7.98. The summed E-state index contributed by atoms with van der Waals surface area (Å²) in [6.45, 7) is 9.45. The largest absolute Gasteiger partial charge is 0.362 e. The summed E-state index contributed by atoms with van der Waals surface area (Å²) in [5, 5.41) is 3.34. The van der Waals surface area contributed by atoms with E-state index < -0.39 is 0 Å². The Balaban J connectivity index is 3.73. The fourth-order valence-corrected chi connectivity index (χ4v) is 0.693. The van der Waals surface area contributed by atoms with E-state index in [1.807, 2.05) is 13.0 Å². The minimum absolute atomic E-state index is 0.605. The lowest BCUT2D eigenvalue weighted by Crippen LogP contribution is -1.92. The Bertz CT molecular complexity index is 127. The highest BCUT2D eigenvalue weighted by Gasteiger charge is 1.99. The molecule has 0 fully saturated rings. The van der Waals surface area contributed by atoms with Crippen molar-refractivity contribution in [2.45, 2.75) is 27.2 Å². The van der Waals surface area contributed by atoms with Gasteiger partial charge in [-0.05, 0) is 18.9 Å². The molecule has 0 aromatic carbocycles. The summed E-state index contributed by atoms with van der Waals surface area (Å²) in [7, 11) is 0. The van der Waals surface area contributed by atoms with Crippen LogP contribution in [0.1, 0.15) is 27.2 Å². The fraction of sp³-hybridized carbons (Fsp3) is 0.625. The molecule has 0 amide bonds. The second-order valence-electron chi connectivity index (χ2n) is 2.57. The lowest BCUT2D eigenvalue weighted by atomic mass is 10.1. The normalized spacial score (nSPS) is 11.8. The molecule has 2 nitrogen and oxygen atoms in total. The number of oxime groups is 1. The second kappa shape index (κ2) is 5.03. The average molecular weight is 141 g/mol. The van der Waals surface area contributed by atoms with E-state index in [2.05, 4.69) is 25.7 Å². The van der Waals surface area contributed by atoms with Crippen molar-refractivity contribution in [3.8, 4) is 0 Å². The van der Waals surface area contributed by atoms with Crippen LogP contribution < -0.4 is 0 Å². The molecule has 0 radical (unpaired) electrons. The SMILES string of the molecule is C=NO/C(=C\C)CC(C)C. The summed E-state index contributed by atoms with van der Waals surface area (Å²) in [6.07, 6.45) is 2.84. The van der Waals surface area contributed by atoms with E-state index in [1.54, 1.807) is 0 Å². The maximum absolute atomic E-state index is 4.88. The smallest absolute Gasteiger partial charge is 0.131 e. The van der Waals surface area contributed by atoms with Crippen molar-refractivity contribution in [3.63, 3.8) is 0 Å². The molecule has 0 aromatic rings. The van der Waals surface area contributed by atoms with Crippen LogP contribution >= 0.6 is 0 Å². The van der Waals surface area contributed by atoms with E-state index in [0.717, 1.165) is 12.2 Å². The number of allylic oxidation sites excluding steroid dienone is 2. The Morgan fingerprint density at radius 1 is 1.70 bits per heavy atom. The molecule has 0 bridgehead atoms. The summed E-state index contributed by atoms with van der Waals surface area (Å²) in [4.78, 5) is 4.88. The van der Waals surface area contributed by atoms with Crippen molar-refractivity contribution in [1.82, 2.24) is 0 Å². The molecule has 0 heterocycles. The van der Waals surface area contributed by atoms with Crippen LogP contribution in [0.5, 0.6) is 0 Å². The van der Waals surface area contributed by atoms with Gasteiger partial charge in [-0.15, -0.1) is 0 Å². The Hall–Kier alpha value is -0.790. The molecule has 0 saturated heterocycles. The minimum Gasteiger partial charge on any atom is -0.362 e. The summed E-state index contributed by atoms with van der Waals surface area (Å²) < 4.78 is 0. The molecule has 0 atom stereocenters. The Morgan fingerprint density at radius 2 is 2.30 bits per heavy atom. The van der Waals surface area contributed by atoms with Crippen LogP contribution in [-0.2, 0) is 4.84 Å². The van der Waals surface area contributed by atoms with Crippen LogP contribution in [0.2, 0.25) is 0 Å². The summed E-state index contributed by atoms with van der Waals surface area (Å²) in [5.74, 6) is 1.50. The lowest BCUT2D eigenvalue weighted by molar-refractivity contribution is 0.210. The van der Waals surface area contributed by atoms with Crippen molar-refractivity contribution in [3.05, 3.63) is 11.8 Å². The van der Waals surface area contributed by atoms with Gasteiger partial charge in [0, 0.05) is 13.1 Å². The molecule has 0 unspecified atom stereocenters. The van der Waals surface area contributed by atoms with Crippen LogP contribution in [0, 0.1) is 5.92 Å². The number of hydrogen-bond donors (Lipinski definition) is 0. The zero-order valence-electron chi connectivity index (χ0n) is 6.92. The summed E-state index contributed by atoms with van der Waals surface area (Å²) in [6, 6.07) is 0. The van der Waals surface area contributed by atoms with E-state index in [4.69, 9.17) is 4.84 Å². The van der Waals surface area contributed by atoms with Crippen LogP contribution in [-0.4, -0.2) is 6.72 Å². The van der Waals surface area contributed by atoms with E-state index in [1.165, 1.54) is 0 Å². The van der Waals surface area contributed by atoms with Crippen molar-refractivity contribution < 1.29 is 4.84 Å². The standard InChI is InChI=1S/C8H15NO/c1-5-8(10-9-4)6-7(2)3/h5,7H,4,6H2,1-3H3/b8-5-. The highest BCUT2D eigenvalue weighted by molar-refractivity contribution is 5.21. The van der Waals surface area contributed by atoms with Crippen LogP contribution in [0.4, 0.5) is 0 Å². The lowest BCUT2D eigenvalue weighted by Gasteiger charge is -2.05. The van der Waals surface area contributed by atoms with Crippen LogP contribution in [0.15, 0.2) is 17.0 Å². The molecular weight excluding hydrogens is 126 g/mol. The predicted octanol–water partition coefficient (Wildman–Crippen LogP) is 2.57. The quantitative estimate of drug-likeness (QED) is 0.335. The molecule has 0 aliphatic heterocycles. The first kappa shape index (κ1) is 9.21. The molecule has 58 valence electrons. The van der Waals surface area contributed by atoms with Gasteiger partial charge < -0.3 is 4.84 Å². The van der Waals surface area contributed by atoms with Gasteiger partial charge in [-0.1, -0.05) is 19.0 Å². The Kier molecular flexibility index (Phi) is 4.63. The molecule has 0 aliphatic rings. The molecule has 0 N–H and O–H groups in total. The molecule has 0 saturated carbocycles. The predicted molar refractivity (Wildman–Crippen MR) is 43.8 cm³/mol. The highest BCUT2D eigenvalue weighted by Crippen LogP contribution is 2.11. The molecule has 0 rings (SSSR count). The van der Waals surface area contributed by atoms with Gasteiger partial charge in [-0.3, -0.25) is 0 Å². The van der Waals surface area contributed by atoms with Gasteiger partial charge in [0.1, 0.15) is 5.76 Å². The Labute approximate surface area is 62.6 Å². The van der Waals surface area contributed by atoms with Crippen molar-refractivity contribution in [2.75, 3.05) is 0 Å². The van der Waals surface area contributed by atoms with Crippen molar-refractivity contribution >= 4 is 6.72 Å². The third-order valence-electron chi connectivity index (χ3n) is 1.11. The van der Waals surface area contributed by atoms with E-state index in [9.17, 15) is 0 Å². The summed E-state index contributed by atoms with van der Waals surface area (Å²) >= 11 is 0. The fourth-order valence-electron chi connectivity index (χ4n) is 0.693. The van der Waals surface area contributed by atoms with Gasteiger partial charge in [-0.2, -0.15) is 0 Å². The second-order valence-corrected chi connectivity index (χ2v) is 2.57. The highest BCUT2D eigenvalue weighted by atomic mass is 16.6. The topological polar surface area (TPSA) is 21.6 Å². The Morgan fingerprint density at radius 3 is 2.60 bits per heavy atom. The van der Waals surface area contributed by atoms with Crippen molar-refractivity contribution in [2.24, 2.45) is 11.1 Å². The molecule has 0 aliphatic carbocycles. The number of nitrogens with zero attached hydrogens (tertiary/aromatic N) is 1. The van der Waals surface area contributed by atoms with Gasteiger partial charge in [-0.25, -0.2) is 0 Å². The maximum atomic E-state index is 4.88. The van der Waals surface area contributed by atoms with Crippen LogP contribution in [0.3, 0.4) is 0 Å². The van der Waals surface area contributed by atoms with Crippen molar-refractivity contribution in [1.29, 1.82) is 0 Å². The monoisotopic (exact) mass is 141 g/mol. The van der Waals surface area contributed by atoms with E-state index in [-0.39, 0.29) is 0 Å². The molecule has 2 heteroatoms. The molecular formula is C8H15NO. The minimum atomic E-state index is 0.605. The molecule has 10 heavy (non-hydrogen) atoms. The van der Waals surface area contributed by atoms with Gasteiger partial charge in [0.25, 0.3) is 0 Å². The number of hydrogen-bond acceptors (Lipinski definition) is 2. The summed E-state index contributed by atoms with van der Waals surface area (Å²) in [5.41, 5.74) is 0. The van der Waals surface area contributed by atoms with Crippen LogP contribution in [0.25, 0.3) is 0 Å². The van der Waals surface area contributed by atoms with Gasteiger partial charge in [0.05, 0.1) is 0 Å². The first-order valence-electron chi connectivity index (χ1n) is 3.49. The van der Waals surface area contributed by atoms with Gasteiger partial charge in [0.2, 0.25) is 0 Å². The maximum Gasteiger partial charge on any atom is 0.131 e. The molecule has 0 spiro atoms. The zero-order valence-corrected chi connectivity index (χ0v) is 6.92. The third-order valence-corrected chi connectivity index (χ3v) is 1.11.